The maximum atomic E-state index is 13.2. The summed E-state index contributed by atoms with van der Waals surface area (Å²) in [7, 11) is 0. The average Bonchev–Trinajstić information content (AvgIpc) is 2.64. The summed E-state index contributed by atoms with van der Waals surface area (Å²) in [6.45, 7) is 2.83. The molecule has 0 fully saturated rings. The largest absolute Gasteiger partial charge is 0.490 e. The first kappa shape index (κ1) is 20.5. The Balaban J connectivity index is 1.97. The zero-order valence-corrected chi connectivity index (χ0v) is 14.7. The van der Waals surface area contributed by atoms with E-state index in [1.165, 1.54) is 0 Å². The third-order valence-electron chi connectivity index (χ3n) is 3.43. The first-order valence-corrected chi connectivity index (χ1v) is 8.30. The van der Waals surface area contributed by atoms with E-state index in [9.17, 15) is 17.6 Å². The van der Waals surface area contributed by atoms with Crippen molar-refractivity contribution in [3.63, 3.8) is 0 Å². The van der Waals surface area contributed by atoms with Crippen LogP contribution in [0.1, 0.15) is 18.1 Å². The molecule has 0 amide bonds. The van der Waals surface area contributed by atoms with Crippen LogP contribution in [0.3, 0.4) is 0 Å². The van der Waals surface area contributed by atoms with E-state index in [1.807, 2.05) is 6.92 Å². The number of alkyl halides is 3. The lowest BCUT2D eigenvalue weighted by Gasteiger charge is -2.14. The number of nitrogens with zero attached hydrogens (tertiary/aromatic N) is 2. The van der Waals surface area contributed by atoms with E-state index in [0.29, 0.717) is 37.5 Å². The van der Waals surface area contributed by atoms with E-state index >= 15 is 0 Å². The van der Waals surface area contributed by atoms with Crippen LogP contribution in [-0.4, -0.2) is 30.6 Å². The van der Waals surface area contributed by atoms with Gasteiger partial charge in [0, 0.05) is 12.7 Å². The second kappa shape index (κ2) is 9.75. The highest BCUT2D eigenvalue weighted by Crippen LogP contribution is 2.32. The van der Waals surface area contributed by atoms with Crippen LogP contribution < -0.4 is 15.4 Å². The molecule has 0 aliphatic carbocycles. The lowest BCUT2D eigenvalue weighted by molar-refractivity contribution is -0.138. The summed E-state index contributed by atoms with van der Waals surface area (Å²) in [6.07, 6.45) is -1.44. The van der Waals surface area contributed by atoms with Gasteiger partial charge in [0.2, 0.25) is 0 Å². The Bertz CT molecular complexity index is 751. The van der Waals surface area contributed by atoms with Gasteiger partial charge in [-0.25, -0.2) is 9.38 Å². The molecule has 9 heteroatoms. The molecule has 5 nitrogen and oxygen atoms in total. The van der Waals surface area contributed by atoms with Crippen LogP contribution in [0.25, 0.3) is 0 Å². The van der Waals surface area contributed by atoms with Crippen molar-refractivity contribution < 1.29 is 22.3 Å². The molecule has 0 atom stereocenters. The summed E-state index contributed by atoms with van der Waals surface area (Å²) >= 11 is 0. The second-order valence-electron chi connectivity index (χ2n) is 5.46. The predicted molar refractivity (Wildman–Crippen MR) is 94.0 cm³/mol. The molecule has 2 aromatic rings. The lowest BCUT2D eigenvalue weighted by Crippen LogP contribution is -2.39. The molecule has 0 saturated heterocycles. The van der Waals surface area contributed by atoms with Gasteiger partial charge in [-0.2, -0.15) is 13.2 Å². The molecule has 27 heavy (non-hydrogen) atoms. The molecule has 146 valence electrons. The van der Waals surface area contributed by atoms with Crippen LogP contribution in [0, 0.1) is 5.82 Å². The number of guanidine groups is 1. The smallest absolute Gasteiger partial charge is 0.416 e. The topological polar surface area (TPSA) is 58.5 Å². The molecule has 1 heterocycles. The van der Waals surface area contributed by atoms with Crippen molar-refractivity contribution in [2.75, 3.05) is 19.7 Å². The monoisotopic (exact) mass is 384 g/mol. The number of nitrogens with one attached hydrogen (secondary N) is 2. The van der Waals surface area contributed by atoms with E-state index < -0.39 is 17.6 Å². The molecule has 1 aromatic heterocycles. The fraction of sp³-hybridized carbons (Fsp3) is 0.333. The summed E-state index contributed by atoms with van der Waals surface area (Å²) in [5, 5.41) is 5.91. The number of halogens is 4. The third kappa shape index (κ3) is 6.76. The highest BCUT2D eigenvalue weighted by molar-refractivity contribution is 5.79. The Morgan fingerprint density at radius 2 is 2.04 bits per heavy atom. The quantitative estimate of drug-likeness (QED) is 0.333. The number of aliphatic imine (C=N–C) groups is 1. The van der Waals surface area contributed by atoms with Gasteiger partial charge in [0.25, 0.3) is 0 Å². The number of ether oxygens (including phenoxy) is 1. The standard InChI is InChI=1S/C18H20F4N4O/c1-2-24-17(25-8-9-27-15-4-3-7-23-12-15)26-11-13-5-6-14(19)10-16(13)18(20,21)22/h3-7,10,12H,2,8-9,11H2,1H3,(H2,24,25,26). The molecule has 0 spiro atoms. The second-order valence-corrected chi connectivity index (χ2v) is 5.46. The minimum atomic E-state index is -4.64. The highest BCUT2D eigenvalue weighted by atomic mass is 19.4. The number of benzene rings is 1. The SMILES string of the molecule is CCNC(=NCc1ccc(F)cc1C(F)(F)F)NCCOc1cccnc1. The highest BCUT2D eigenvalue weighted by Gasteiger charge is 2.33. The molecule has 1 aromatic carbocycles. The van der Waals surface area contributed by atoms with Gasteiger partial charge in [-0.15, -0.1) is 0 Å². The van der Waals surface area contributed by atoms with E-state index in [0.717, 1.165) is 12.1 Å². The van der Waals surface area contributed by atoms with Crippen molar-refractivity contribution in [3.8, 4) is 5.75 Å². The zero-order chi connectivity index (χ0) is 19.7. The van der Waals surface area contributed by atoms with E-state index in [1.54, 1.807) is 24.5 Å². The third-order valence-corrected chi connectivity index (χ3v) is 3.43. The van der Waals surface area contributed by atoms with Gasteiger partial charge < -0.3 is 15.4 Å². The van der Waals surface area contributed by atoms with Crippen LogP contribution in [0.4, 0.5) is 17.6 Å². The molecule has 0 aliphatic rings. The molecular formula is C18H20F4N4O. The number of pyridine rings is 1. The van der Waals surface area contributed by atoms with Gasteiger partial charge in [0.05, 0.1) is 24.8 Å². The van der Waals surface area contributed by atoms with Crippen LogP contribution in [0.15, 0.2) is 47.7 Å². The van der Waals surface area contributed by atoms with Crippen LogP contribution >= 0.6 is 0 Å². The minimum Gasteiger partial charge on any atom is -0.490 e. The predicted octanol–water partition coefficient (Wildman–Crippen LogP) is 3.37. The Kier molecular flexibility index (Phi) is 7.39. The molecule has 2 N–H and O–H groups in total. The summed E-state index contributed by atoms with van der Waals surface area (Å²) in [5.41, 5.74) is -1.13. The molecule has 0 saturated carbocycles. The van der Waals surface area contributed by atoms with Gasteiger partial charge >= 0.3 is 6.18 Å². The number of hydrogen-bond acceptors (Lipinski definition) is 3. The molecule has 2 rings (SSSR count). The molecule has 0 bridgehead atoms. The van der Waals surface area contributed by atoms with Crippen molar-refractivity contribution in [2.45, 2.75) is 19.6 Å². The summed E-state index contributed by atoms with van der Waals surface area (Å²) in [5.74, 6) is 0.0137. The normalized spacial score (nSPS) is 12.0. The van der Waals surface area contributed by atoms with Gasteiger partial charge in [-0.05, 0) is 36.8 Å². The Labute approximate surface area is 154 Å². The summed E-state index contributed by atoms with van der Waals surface area (Å²) in [4.78, 5) is 8.06. The Hall–Kier alpha value is -2.84. The van der Waals surface area contributed by atoms with E-state index in [-0.39, 0.29) is 12.1 Å². The van der Waals surface area contributed by atoms with Crippen LogP contribution in [-0.2, 0) is 12.7 Å². The van der Waals surface area contributed by atoms with Crippen LogP contribution in [0.5, 0.6) is 5.75 Å². The van der Waals surface area contributed by atoms with Gasteiger partial charge in [0.1, 0.15) is 18.2 Å². The van der Waals surface area contributed by atoms with E-state index in [2.05, 4.69) is 20.6 Å². The lowest BCUT2D eigenvalue weighted by atomic mass is 10.1. The zero-order valence-electron chi connectivity index (χ0n) is 14.7. The van der Waals surface area contributed by atoms with Crippen LogP contribution in [0.2, 0.25) is 0 Å². The average molecular weight is 384 g/mol. The van der Waals surface area contributed by atoms with Crippen molar-refractivity contribution in [3.05, 3.63) is 59.7 Å². The Morgan fingerprint density at radius 3 is 2.70 bits per heavy atom. The molecule has 0 unspecified atom stereocenters. The van der Waals surface area contributed by atoms with Crippen molar-refractivity contribution >= 4 is 5.96 Å². The van der Waals surface area contributed by atoms with Crippen molar-refractivity contribution in [1.82, 2.24) is 15.6 Å². The maximum Gasteiger partial charge on any atom is 0.416 e. The number of hydrogen-bond donors (Lipinski definition) is 2. The van der Waals surface area contributed by atoms with Gasteiger partial charge in [-0.1, -0.05) is 6.07 Å². The number of rotatable bonds is 7. The summed E-state index contributed by atoms with van der Waals surface area (Å²) in [6, 6.07) is 6.07. The Morgan fingerprint density at radius 1 is 1.22 bits per heavy atom. The fourth-order valence-electron chi connectivity index (χ4n) is 2.23. The van der Waals surface area contributed by atoms with Crippen molar-refractivity contribution in [2.24, 2.45) is 4.99 Å². The van der Waals surface area contributed by atoms with E-state index in [4.69, 9.17) is 4.74 Å². The van der Waals surface area contributed by atoms with Gasteiger partial charge in [0.15, 0.2) is 5.96 Å². The molecular weight excluding hydrogens is 364 g/mol. The van der Waals surface area contributed by atoms with Crippen molar-refractivity contribution in [1.29, 1.82) is 0 Å². The maximum absolute atomic E-state index is 13.2. The fourth-order valence-corrected chi connectivity index (χ4v) is 2.23. The van der Waals surface area contributed by atoms with Gasteiger partial charge in [-0.3, -0.25) is 4.98 Å². The summed E-state index contributed by atoms with van der Waals surface area (Å²) < 4.78 is 57.8. The molecule has 0 radical (unpaired) electrons. The molecule has 0 aliphatic heterocycles. The first-order chi connectivity index (χ1) is 12.9. The first-order valence-electron chi connectivity index (χ1n) is 8.30. The number of aromatic nitrogens is 1. The minimum absolute atomic E-state index is 0.104.